The minimum Gasteiger partial charge on any atom is -0.325 e. The van der Waals surface area contributed by atoms with Crippen LogP contribution in [0.15, 0.2) is 0 Å². The summed E-state index contributed by atoms with van der Waals surface area (Å²) in [4.78, 5) is 0. The van der Waals surface area contributed by atoms with Crippen LogP contribution in [-0.4, -0.2) is 11.5 Å². The zero-order chi connectivity index (χ0) is 22.4. The van der Waals surface area contributed by atoms with Gasteiger partial charge in [-0.15, -0.1) is 0 Å². The van der Waals surface area contributed by atoms with Crippen LogP contribution in [-0.2, 0) is 0 Å². The molecule has 1 nitrogen and oxygen atoms in total. The van der Waals surface area contributed by atoms with Crippen molar-refractivity contribution in [3.63, 3.8) is 0 Å². The highest BCUT2D eigenvalue weighted by Gasteiger charge is 2.62. The highest BCUT2D eigenvalue weighted by Crippen LogP contribution is 2.66. The second-order valence-corrected chi connectivity index (χ2v) is 12.4. The first-order valence-corrected chi connectivity index (χ1v) is 13.1. The first kappa shape index (κ1) is 24.5. The lowest BCUT2D eigenvalue weighted by Gasteiger charge is -2.61. The van der Waals surface area contributed by atoms with Gasteiger partial charge in [0.1, 0.15) is 0 Å². The largest absolute Gasteiger partial charge is 0.325 e. The lowest BCUT2D eigenvalue weighted by Crippen LogP contribution is -2.64. The molecule has 3 saturated carbocycles. The predicted octanol–water partition coefficient (Wildman–Crippen LogP) is 8.21. The van der Waals surface area contributed by atoms with E-state index in [9.17, 15) is 8.78 Å². The van der Waals surface area contributed by atoms with Gasteiger partial charge in [-0.1, -0.05) is 47.5 Å². The lowest BCUT2D eigenvalue weighted by atomic mass is 9.46. The van der Waals surface area contributed by atoms with Crippen molar-refractivity contribution in [2.45, 2.75) is 130 Å². The van der Waals surface area contributed by atoms with Gasteiger partial charge in [-0.2, -0.15) is 0 Å². The third kappa shape index (κ3) is 4.23. The van der Waals surface area contributed by atoms with E-state index < -0.39 is 11.8 Å². The molecule has 3 heteroatoms. The number of hydrogen-bond donors (Lipinski definition) is 1. The van der Waals surface area contributed by atoms with Crippen LogP contribution in [0.1, 0.15) is 119 Å². The van der Waals surface area contributed by atoms with Crippen LogP contribution in [0, 0.1) is 40.4 Å². The minimum absolute atomic E-state index is 0.123. The van der Waals surface area contributed by atoms with Gasteiger partial charge >= 0.3 is 0 Å². The zero-order valence-corrected chi connectivity index (χ0v) is 20.7. The molecule has 0 heterocycles. The fourth-order valence-electron chi connectivity index (χ4n) is 8.43. The second kappa shape index (κ2) is 8.64. The Balaban J connectivity index is 1.84. The van der Waals surface area contributed by atoms with E-state index in [2.05, 4.69) is 27.7 Å². The van der Waals surface area contributed by atoms with Gasteiger partial charge < -0.3 is 5.73 Å². The van der Waals surface area contributed by atoms with Crippen LogP contribution >= 0.6 is 0 Å². The summed E-state index contributed by atoms with van der Waals surface area (Å²) in [5.74, 6) is -0.751. The third-order valence-electron chi connectivity index (χ3n) is 10.7. The van der Waals surface area contributed by atoms with Crippen molar-refractivity contribution in [2.75, 3.05) is 0 Å². The quantitative estimate of drug-likeness (QED) is 0.437. The lowest BCUT2D eigenvalue weighted by molar-refractivity contribution is -0.0887. The molecule has 0 aliphatic heterocycles. The van der Waals surface area contributed by atoms with E-state index in [4.69, 9.17) is 5.73 Å². The average Bonchev–Trinajstić information content (AvgIpc) is 2.99. The molecule has 3 aliphatic carbocycles. The van der Waals surface area contributed by atoms with Gasteiger partial charge in [0.15, 0.2) is 0 Å². The summed E-state index contributed by atoms with van der Waals surface area (Å²) < 4.78 is 28.0. The van der Waals surface area contributed by atoms with Crippen molar-refractivity contribution < 1.29 is 8.78 Å². The first-order chi connectivity index (χ1) is 13.9. The smallest absolute Gasteiger partial charge is 0.247 e. The van der Waals surface area contributed by atoms with Gasteiger partial charge in [0.05, 0.1) is 0 Å². The fraction of sp³-hybridized carbons (Fsp3) is 1.00. The van der Waals surface area contributed by atoms with E-state index in [1.54, 1.807) is 6.92 Å². The van der Waals surface area contributed by atoms with Crippen LogP contribution in [0.2, 0.25) is 0 Å². The summed E-state index contributed by atoms with van der Waals surface area (Å²) in [6.07, 6.45) is 14.2. The van der Waals surface area contributed by atoms with Gasteiger partial charge in [0, 0.05) is 11.5 Å². The maximum absolute atomic E-state index is 14.0. The van der Waals surface area contributed by atoms with Crippen molar-refractivity contribution in [2.24, 2.45) is 46.2 Å². The summed E-state index contributed by atoms with van der Waals surface area (Å²) in [5.41, 5.74) is 7.87. The number of hydrogen-bond acceptors (Lipinski definition) is 1. The predicted molar refractivity (Wildman–Crippen MR) is 124 cm³/mol. The molecule has 3 rings (SSSR count). The van der Waals surface area contributed by atoms with Gasteiger partial charge in [-0.05, 0) is 106 Å². The van der Waals surface area contributed by atoms with E-state index in [-0.39, 0.29) is 11.0 Å². The maximum atomic E-state index is 14.0. The Hall–Kier alpha value is -0.180. The van der Waals surface area contributed by atoms with Crippen LogP contribution < -0.4 is 5.73 Å². The van der Waals surface area contributed by atoms with Crippen molar-refractivity contribution in [3.8, 4) is 0 Å². The fourth-order valence-corrected chi connectivity index (χ4v) is 8.43. The molecule has 0 aromatic carbocycles. The topological polar surface area (TPSA) is 26.0 Å². The van der Waals surface area contributed by atoms with Gasteiger partial charge in [-0.3, -0.25) is 0 Å². The minimum atomic E-state index is -2.58. The van der Waals surface area contributed by atoms with E-state index in [1.165, 1.54) is 44.9 Å². The van der Waals surface area contributed by atoms with Crippen molar-refractivity contribution in [3.05, 3.63) is 0 Å². The van der Waals surface area contributed by atoms with E-state index >= 15 is 0 Å². The molecule has 2 N–H and O–H groups in total. The standard InChI is InChI=1S/C27H49F2N/c1-7-14-27(30)22(24(4)15-11-20(8-2)12-16-24)13-17-25(5)21(9-10-23(25)27)18-19(3)26(6,28)29/h19-23H,7-18,30H2,1-6H3. The Morgan fingerprint density at radius 1 is 0.967 bits per heavy atom. The molecule has 0 saturated heterocycles. The normalized spacial score (nSPS) is 45.9. The molecular formula is C27H49F2N. The Morgan fingerprint density at radius 2 is 1.60 bits per heavy atom. The second-order valence-electron chi connectivity index (χ2n) is 12.4. The SMILES string of the molecule is CCCC1(N)C(C2(C)CCC(CC)CC2)CCC2(C)C(CC(C)C(C)(F)F)CCC21. The molecule has 0 radical (unpaired) electrons. The Morgan fingerprint density at radius 3 is 2.13 bits per heavy atom. The molecular weight excluding hydrogens is 376 g/mol. The molecule has 176 valence electrons. The van der Waals surface area contributed by atoms with Crippen molar-refractivity contribution in [1.29, 1.82) is 0 Å². The Kier molecular flexibility index (Phi) is 7.04. The summed E-state index contributed by atoms with van der Waals surface area (Å²) >= 11 is 0. The van der Waals surface area contributed by atoms with Crippen molar-refractivity contribution >= 4 is 0 Å². The van der Waals surface area contributed by atoms with E-state index in [0.717, 1.165) is 38.5 Å². The van der Waals surface area contributed by atoms with Crippen LogP contribution in [0.5, 0.6) is 0 Å². The van der Waals surface area contributed by atoms with Crippen LogP contribution in [0.25, 0.3) is 0 Å². The van der Waals surface area contributed by atoms with Crippen molar-refractivity contribution in [1.82, 2.24) is 0 Å². The number of fused-ring (bicyclic) bond motifs is 1. The number of alkyl halides is 2. The molecule has 0 aromatic rings. The first-order valence-electron chi connectivity index (χ1n) is 13.1. The number of rotatable bonds is 7. The van der Waals surface area contributed by atoms with E-state index in [1.807, 2.05) is 0 Å². The van der Waals surface area contributed by atoms with Crippen LogP contribution in [0.3, 0.4) is 0 Å². The molecule has 0 aromatic heterocycles. The summed E-state index contributed by atoms with van der Waals surface area (Å²) in [6.45, 7) is 12.4. The molecule has 6 atom stereocenters. The Bertz CT molecular complexity index is 576. The van der Waals surface area contributed by atoms with Gasteiger partial charge in [0.25, 0.3) is 0 Å². The molecule has 0 amide bonds. The van der Waals surface area contributed by atoms with Gasteiger partial charge in [-0.25, -0.2) is 8.78 Å². The Labute approximate surface area is 185 Å². The summed E-state index contributed by atoms with van der Waals surface area (Å²) in [7, 11) is 0. The summed E-state index contributed by atoms with van der Waals surface area (Å²) in [5, 5.41) is 0. The molecule has 6 unspecified atom stereocenters. The monoisotopic (exact) mass is 425 g/mol. The molecule has 3 fully saturated rings. The number of halogens is 2. The van der Waals surface area contributed by atoms with Crippen LogP contribution in [0.4, 0.5) is 8.78 Å². The molecule has 30 heavy (non-hydrogen) atoms. The summed E-state index contributed by atoms with van der Waals surface area (Å²) in [6, 6.07) is 0. The zero-order valence-electron chi connectivity index (χ0n) is 20.7. The highest BCUT2D eigenvalue weighted by molar-refractivity contribution is 5.15. The maximum Gasteiger partial charge on any atom is 0.247 e. The molecule has 0 spiro atoms. The highest BCUT2D eigenvalue weighted by atomic mass is 19.3. The van der Waals surface area contributed by atoms with E-state index in [0.29, 0.717) is 29.6 Å². The third-order valence-corrected chi connectivity index (χ3v) is 10.7. The average molecular weight is 426 g/mol. The van der Waals surface area contributed by atoms with Gasteiger partial charge in [0.2, 0.25) is 5.92 Å². The number of nitrogens with two attached hydrogens (primary N) is 1. The molecule has 0 bridgehead atoms. The molecule has 3 aliphatic rings.